The van der Waals surface area contributed by atoms with Crippen LogP contribution in [0, 0.1) is 5.41 Å². The molecule has 6 nitrogen and oxygen atoms in total. The lowest BCUT2D eigenvalue weighted by molar-refractivity contribution is -0.143. The van der Waals surface area contributed by atoms with Gasteiger partial charge in [-0.1, -0.05) is 0 Å². The van der Waals surface area contributed by atoms with Crippen molar-refractivity contribution in [2.45, 2.75) is 20.8 Å². The minimum atomic E-state index is -0.917. The number of aromatic hydroxyl groups is 1. The van der Waals surface area contributed by atoms with Crippen LogP contribution in [-0.4, -0.2) is 17.2 Å². The fraction of sp³-hybridized carbons (Fsp3) is 0.222. The van der Waals surface area contributed by atoms with Crippen LogP contribution in [0.4, 0.5) is 4.79 Å². The molecule has 0 amide bonds. The summed E-state index contributed by atoms with van der Waals surface area (Å²) in [6.45, 7) is 5.27. The zero-order chi connectivity index (χ0) is 17.7. The minimum Gasteiger partial charge on any atom is -0.508 e. The van der Waals surface area contributed by atoms with Crippen LogP contribution < -0.4 is 14.2 Å². The van der Waals surface area contributed by atoms with E-state index < -0.39 is 11.6 Å². The highest BCUT2D eigenvalue weighted by Gasteiger charge is 2.23. The molecule has 0 spiro atoms. The van der Waals surface area contributed by atoms with Gasteiger partial charge in [-0.25, -0.2) is 4.79 Å². The highest BCUT2D eigenvalue weighted by Crippen LogP contribution is 2.22. The van der Waals surface area contributed by atoms with Gasteiger partial charge in [-0.3, -0.25) is 4.79 Å². The van der Waals surface area contributed by atoms with Crippen molar-refractivity contribution < 1.29 is 28.9 Å². The van der Waals surface area contributed by atoms with Crippen LogP contribution in [0.25, 0.3) is 0 Å². The summed E-state index contributed by atoms with van der Waals surface area (Å²) >= 11 is 0. The molecule has 6 heteroatoms. The van der Waals surface area contributed by atoms with Crippen LogP contribution in [0.5, 0.6) is 23.0 Å². The van der Waals surface area contributed by atoms with Gasteiger partial charge in [-0.15, -0.1) is 0 Å². The average molecular weight is 330 g/mol. The van der Waals surface area contributed by atoms with E-state index in [-0.39, 0.29) is 23.2 Å². The van der Waals surface area contributed by atoms with Crippen molar-refractivity contribution in [3.63, 3.8) is 0 Å². The van der Waals surface area contributed by atoms with Gasteiger partial charge in [0.25, 0.3) is 0 Å². The molecule has 0 fully saturated rings. The Kier molecular flexibility index (Phi) is 5.08. The third-order valence-corrected chi connectivity index (χ3v) is 2.89. The summed E-state index contributed by atoms with van der Waals surface area (Å²) in [5.74, 6) is 0.552. The first-order chi connectivity index (χ1) is 11.2. The van der Waals surface area contributed by atoms with Gasteiger partial charge >= 0.3 is 12.1 Å². The van der Waals surface area contributed by atoms with Gasteiger partial charge in [0.05, 0.1) is 5.41 Å². The third kappa shape index (κ3) is 5.01. The summed E-state index contributed by atoms with van der Waals surface area (Å²) in [5, 5.41) is 9.16. The summed E-state index contributed by atoms with van der Waals surface area (Å²) in [4.78, 5) is 23.4. The molecule has 24 heavy (non-hydrogen) atoms. The van der Waals surface area contributed by atoms with E-state index in [1.165, 1.54) is 48.5 Å². The molecule has 2 aromatic carbocycles. The van der Waals surface area contributed by atoms with Crippen LogP contribution in [0.2, 0.25) is 0 Å². The normalized spacial score (nSPS) is 10.8. The maximum absolute atomic E-state index is 11.8. The van der Waals surface area contributed by atoms with Gasteiger partial charge in [-0.2, -0.15) is 0 Å². The molecule has 0 saturated carbocycles. The fourth-order valence-electron chi connectivity index (χ4n) is 1.56. The highest BCUT2D eigenvalue weighted by atomic mass is 16.7. The number of phenols is 1. The van der Waals surface area contributed by atoms with Crippen molar-refractivity contribution >= 4 is 12.1 Å². The number of benzene rings is 2. The zero-order valence-corrected chi connectivity index (χ0v) is 13.6. The maximum Gasteiger partial charge on any atom is 0.519 e. The Labute approximate surface area is 139 Å². The molecule has 0 aromatic heterocycles. The van der Waals surface area contributed by atoms with Crippen molar-refractivity contribution in [2.24, 2.45) is 5.41 Å². The molecule has 0 atom stereocenters. The molecule has 2 rings (SSSR count). The van der Waals surface area contributed by atoms with Crippen LogP contribution >= 0.6 is 0 Å². The van der Waals surface area contributed by atoms with Crippen molar-refractivity contribution in [3.05, 3.63) is 48.5 Å². The van der Waals surface area contributed by atoms with Crippen molar-refractivity contribution in [3.8, 4) is 23.0 Å². The van der Waals surface area contributed by atoms with Crippen LogP contribution in [0.15, 0.2) is 48.5 Å². The van der Waals surface area contributed by atoms with Crippen LogP contribution in [0.1, 0.15) is 20.8 Å². The Morgan fingerprint density at radius 2 is 1.12 bits per heavy atom. The summed E-state index contributed by atoms with van der Waals surface area (Å²) in [6, 6.07) is 11.7. The van der Waals surface area contributed by atoms with Gasteiger partial charge in [0, 0.05) is 0 Å². The molecule has 2 aromatic rings. The van der Waals surface area contributed by atoms with Crippen LogP contribution in [0.3, 0.4) is 0 Å². The van der Waals surface area contributed by atoms with Gasteiger partial charge in [0.1, 0.15) is 23.0 Å². The summed E-state index contributed by atoms with van der Waals surface area (Å²) in [7, 11) is 0. The zero-order valence-electron chi connectivity index (χ0n) is 13.6. The number of carbonyl (C=O) groups excluding carboxylic acids is 2. The number of hydrogen-bond donors (Lipinski definition) is 1. The van der Waals surface area contributed by atoms with E-state index in [1.54, 1.807) is 20.8 Å². The molecule has 126 valence electrons. The fourth-order valence-corrected chi connectivity index (χ4v) is 1.56. The van der Waals surface area contributed by atoms with E-state index in [2.05, 4.69) is 0 Å². The number of phenolic OH excluding ortho intramolecular Hbond substituents is 1. The largest absolute Gasteiger partial charge is 0.519 e. The topological polar surface area (TPSA) is 82.1 Å². The number of esters is 1. The monoisotopic (exact) mass is 330 g/mol. The van der Waals surface area contributed by atoms with E-state index in [0.717, 1.165) is 0 Å². The molecule has 0 saturated heterocycles. The smallest absolute Gasteiger partial charge is 0.508 e. The lowest BCUT2D eigenvalue weighted by Gasteiger charge is -2.16. The quantitative estimate of drug-likeness (QED) is 0.522. The Bertz CT molecular complexity index is 711. The number of rotatable bonds is 3. The summed E-state index contributed by atoms with van der Waals surface area (Å²) in [6.07, 6.45) is -0.917. The first-order valence-corrected chi connectivity index (χ1v) is 7.25. The third-order valence-electron chi connectivity index (χ3n) is 2.89. The molecular formula is C18H18O6. The molecule has 0 unspecified atom stereocenters. The van der Waals surface area contributed by atoms with Crippen molar-refractivity contribution in [1.29, 1.82) is 0 Å². The van der Waals surface area contributed by atoms with E-state index in [9.17, 15) is 9.59 Å². The standard InChI is InChI=1S/C18H18O6/c1-18(2,3)16(20)22-13-8-10-15(11-9-13)24-17(21)23-14-6-4-12(19)5-7-14/h4-11,19H,1-3H3. The predicted molar refractivity (Wildman–Crippen MR) is 86.3 cm³/mol. The lowest BCUT2D eigenvalue weighted by atomic mass is 9.97. The predicted octanol–water partition coefficient (Wildman–Crippen LogP) is 3.92. The molecule has 1 N–H and O–H groups in total. The van der Waals surface area contributed by atoms with Crippen molar-refractivity contribution in [2.75, 3.05) is 0 Å². The average Bonchev–Trinajstić information content (AvgIpc) is 2.50. The molecule has 0 aliphatic heterocycles. The molecule has 0 aliphatic rings. The van der Waals surface area contributed by atoms with E-state index in [1.807, 2.05) is 0 Å². The number of hydrogen-bond acceptors (Lipinski definition) is 6. The SMILES string of the molecule is CC(C)(C)C(=O)Oc1ccc(OC(=O)Oc2ccc(O)cc2)cc1. The van der Waals surface area contributed by atoms with Gasteiger partial charge in [-0.05, 0) is 69.3 Å². The minimum absolute atomic E-state index is 0.0658. The molecule has 0 bridgehead atoms. The Hall–Kier alpha value is -3.02. The second-order valence-corrected chi connectivity index (χ2v) is 6.06. The number of ether oxygens (including phenoxy) is 3. The number of carbonyl (C=O) groups is 2. The first kappa shape index (κ1) is 17.3. The molecule has 0 heterocycles. The molecule has 0 aliphatic carbocycles. The van der Waals surface area contributed by atoms with Crippen molar-refractivity contribution in [1.82, 2.24) is 0 Å². The Morgan fingerprint density at radius 1 is 0.750 bits per heavy atom. The van der Waals surface area contributed by atoms with Gasteiger partial charge in [0.2, 0.25) is 0 Å². The van der Waals surface area contributed by atoms with Gasteiger partial charge < -0.3 is 19.3 Å². The van der Waals surface area contributed by atoms with Crippen LogP contribution in [-0.2, 0) is 4.79 Å². The molecule has 0 radical (unpaired) electrons. The Balaban J connectivity index is 1.92. The van der Waals surface area contributed by atoms with Gasteiger partial charge in [0.15, 0.2) is 0 Å². The summed E-state index contributed by atoms with van der Waals surface area (Å²) in [5.41, 5.74) is -0.608. The Morgan fingerprint density at radius 3 is 1.54 bits per heavy atom. The van der Waals surface area contributed by atoms with E-state index in [4.69, 9.17) is 19.3 Å². The van der Waals surface area contributed by atoms with E-state index in [0.29, 0.717) is 5.75 Å². The second-order valence-electron chi connectivity index (χ2n) is 6.06. The second kappa shape index (κ2) is 7.04. The summed E-state index contributed by atoms with van der Waals surface area (Å²) < 4.78 is 15.2. The maximum atomic E-state index is 11.8. The van der Waals surface area contributed by atoms with E-state index >= 15 is 0 Å². The lowest BCUT2D eigenvalue weighted by Crippen LogP contribution is -2.25. The highest BCUT2D eigenvalue weighted by molar-refractivity contribution is 5.77. The molecular weight excluding hydrogens is 312 g/mol. The first-order valence-electron chi connectivity index (χ1n) is 7.25.